The maximum Gasteiger partial charge on any atom is 0.0642 e. The van der Waals surface area contributed by atoms with Crippen LogP contribution in [0.2, 0.25) is 5.02 Å². The van der Waals surface area contributed by atoms with E-state index in [9.17, 15) is 0 Å². The van der Waals surface area contributed by atoms with E-state index in [-0.39, 0.29) is 0 Å². The normalized spacial score (nSPS) is 21.0. The van der Waals surface area contributed by atoms with Gasteiger partial charge in [0.15, 0.2) is 0 Å². The van der Waals surface area contributed by atoms with Crippen LogP contribution in [0, 0.1) is 0 Å². The Balaban J connectivity index is 1.78. The molecule has 1 aliphatic heterocycles. The topological polar surface area (TPSA) is 18.5 Å². The van der Waals surface area contributed by atoms with Crippen molar-refractivity contribution in [3.63, 3.8) is 0 Å². The van der Waals surface area contributed by atoms with Crippen LogP contribution >= 0.6 is 11.6 Å². The Morgan fingerprint density at radius 2 is 2.05 bits per heavy atom. The molecular formula is C16H24ClN3. The van der Waals surface area contributed by atoms with Crippen LogP contribution in [0.15, 0.2) is 18.2 Å². The second kappa shape index (κ2) is 6.33. The highest BCUT2D eigenvalue weighted by Crippen LogP contribution is 2.31. The van der Waals surface area contributed by atoms with E-state index in [0.29, 0.717) is 0 Å². The molecule has 1 saturated heterocycles. The quantitative estimate of drug-likeness (QED) is 0.921. The van der Waals surface area contributed by atoms with Crippen molar-refractivity contribution in [2.45, 2.75) is 31.8 Å². The van der Waals surface area contributed by atoms with Gasteiger partial charge in [-0.05, 0) is 44.5 Å². The predicted octanol–water partition coefficient (Wildman–Crippen LogP) is 2.73. The summed E-state index contributed by atoms with van der Waals surface area (Å²) >= 11 is 6.50. The Hall–Kier alpha value is -0.770. The van der Waals surface area contributed by atoms with Crippen LogP contribution in [0.4, 0.5) is 5.69 Å². The molecule has 0 atom stereocenters. The molecule has 0 unspecified atom stereocenters. The third-order valence-corrected chi connectivity index (χ3v) is 4.57. The molecule has 1 heterocycles. The third kappa shape index (κ3) is 3.46. The van der Waals surface area contributed by atoms with E-state index in [4.69, 9.17) is 11.6 Å². The van der Waals surface area contributed by atoms with Gasteiger partial charge < -0.3 is 15.1 Å². The number of rotatable bonds is 4. The number of benzene rings is 1. The molecule has 0 amide bonds. The maximum absolute atomic E-state index is 6.50. The lowest BCUT2D eigenvalue weighted by Crippen LogP contribution is -2.30. The summed E-state index contributed by atoms with van der Waals surface area (Å²) in [5.41, 5.74) is 2.59. The lowest BCUT2D eigenvalue weighted by Gasteiger charge is -2.27. The highest BCUT2D eigenvalue weighted by atomic mass is 35.5. The van der Waals surface area contributed by atoms with Crippen molar-refractivity contribution in [3.8, 4) is 0 Å². The van der Waals surface area contributed by atoms with Gasteiger partial charge in [-0.3, -0.25) is 0 Å². The zero-order valence-electron chi connectivity index (χ0n) is 12.2. The van der Waals surface area contributed by atoms with Crippen molar-refractivity contribution in [3.05, 3.63) is 28.8 Å². The van der Waals surface area contributed by atoms with Gasteiger partial charge in [0.2, 0.25) is 0 Å². The number of para-hydroxylation sites is 1. The first-order valence-corrected chi connectivity index (χ1v) is 8.06. The van der Waals surface area contributed by atoms with E-state index < -0.39 is 0 Å². The van der Waals surface area contributed by atoms with Gasteiger partial charge >= 0.3 is 0 Å². The van der Waals surface area contributed by atoms with E-state index >= 15 is 0 Å². The first kappa shape index (κ1) is 14.2. The first-order valence-electron chi connectivity index (χ1n) is 7.68. The minimum absolute atomic E-state index is 0.733. The Labute approximate surface area is 126 Å². The fourth-order valence-electron chi connectivity index (χ4n) is 2.87. The fraction of sp³-hybridized carbons (Fsp3) is 0.625. The molecule has 1 aromatic carbocycles. The summed E-state index contributed by atoms with van der Waals surface area (Å²) < 4.78 is 0. The van der Waals surface area contributed by atoms with Crippen LogP contribution in [0.5, 0.6) is 0 Å². The minimum Gasteiger partial charge on any atom is -0.369 e. The van der Waals surface area contributed by atoms with Gasteiger partial charge in [0.25, 0.3) is 0 Å². The SMILES string of the molecule is CN1CCCN(c2c(Cl)cccc2CNC2CC2)CC1. The molecule has 1 aromatic rings. The Morgan fingerprint density at radius 3 is 2.85 bits per heavy atom. The number of anilines is 1. The second-order valence-electron chi connectivity index (χ2n) is 6.05. The summed E-state index contributed by atoms with van der Waals surface area (Å²) in [4.78, 5) is 4.87. The summed E-state index contributed by atoms with van der Waals surface area (Å²) in [6.07, 6.45) is 3.85. The van der Waals surface area contributed by atoms with Crippen molar-refractivity contribution in [1.29, 1.82) is 0 Å². The van der Waals surface area contributed by atoms with Crippen LogP contribution in [0.1, 0.15) is 24.8 Å². The second-order valence-corrected chi connectivity index (χ2v) is 6.45. The standard InChI is InChI=1S/C16H24ClN3/c1-19-8-3-9-20(11-10-19)16-13(4-2-5-15(16)17)12-18-14-6-7-14/h2,4-5,14,18H,3,6-12H2,1H3. The summed E-state index contributed by atoms with van der Waals surface area (Å²) in [6, 6.07) is 7.04. The Kier molecular flexibility index (Phi) is 4.49. The van der Waals surface area contributed by atoms with Crippen LogP contribution < -0.4 is 10.2 Å². The number of nitrogens with zero attached hydrogens (tertiary/aromatic N) is 2. The molecule has 2 aliphatic rings. The smallest absolute Gasteiger partial charge is 0.0642 e. The Bertz CT molecular complexity index is 459. The highest BCUT2D eigenvalue weighted by molar-refractivity contribution is 6.33. The van der Waals surface area contributed by atoms with Gasteiger partial charge in [0.1, 0.15) is 0 Å². The molecule has 0 radical (unpaired) electrons. The van der Waals surface area contributed by atoms with Gasteiger partial charge in [-0.25, -0.2) is 0 Å². The first-order chi connectivity index (χ1) is 9.74. The third-order valence-electron chi connectivity index (χ3n) is 4.26. The summed E-state index contributed by atoms with van der Waals surface area (Å²) in [7, 11) is 2.20. The summed E-state index contributed by atoms with van der Waals surface area (Å²) in [5, 5.41) is 4.50. The molecule has 1 saturated carbocycles. The fourth-order valence-corrected chi connectivity index (χ4v) is 3.18. The largest absolute Gasteiger partial charge is 0.369 e. The van der Waals surface area contributed by atoms with E-state index in [1.807, 2.05) is 6.07 Å². The number of nitrogens with one attached hydrogen (secondary N) is 1. The molecule has 3 nitrogen and oxygen atoms in total. The van der Waals surface area contributed by atoms with Crippen molar-refractivity contribution < 1.29 is 0 Å². The number of likely N-dealkylation sites (N-methyl/N-ethyl adjacent to an activating group) is 1. The van der Waals surface area contributed by atoms with Crippen molar-refractivity contribution >= 4 is 17.3 Å². The molecule has 2 fully saturated rings. The van der Waals surface area contributed by atoms with Crippen LogP contribution in [0.25, 0.3) is 0 Å². The number of halogens is 1. The Morgan fingerprint density at radius 1 is 1.20 bits per heavy atom. The monoisotopic (exact) mass is 293 g/mol. The van der Waals surface area contributed by atoms with Crippen LogP contribution in [0.3, 0.4) is 0 Å². The minimum atomic E-state index is 0.733. The van der Waals surface area contributed by atoms with Crippen molar-refractivity contribution in [1.82, 2.24) is 10.2 Å². The molecule has 1 N–H and O–H groups in total. The average molecular weight is 294 g/mol. The lowest BCUT2D eigenvalue weighted by molar-refractivity contribution is 0.360. The van der Waals surface area contributed by atoms with E-state index in [1.165, 1.54) is 37.1 Å². The summed E-state index contributed by atoms with van der Waals surface area (Å²) in [6.45, 7) is 5.39. The molecule has 20 heavy (non-hydrogen) atoms. The maximum atomic E-state index is 6.50. The molecular weight excluding hydrogens is 270 g/mol. The van der Waals surface area contributed by atoms with Crippen LogP contribution in [-0.4, -0.2) is 44.2 Å². The molecule has 0 aromatic heterocycles. The lowest BCUT2D eigenvalue weighted by atomic mass is 10.1. The molecule has 0 spiro atoms. The van der Waals surface area contributed by atoms with E-state index in [0.717, 1.165) is 37.2 Å². The van der Waals surface area contributed by atoms with Gasteiger partial charge in [0.05, 0.1) is 10.7 Å². The van der Waals surface area contributed by atoms with E-state index in [1.54, 1.807) is 0 Å². The van der Waals surface area contributed by atoms with Gasteiger partial charge in [-0.2, -0.15) is 0 Å². The summed E-state index contributed by atoms with van der Waals surface area (Å²) in [5.74, 6) is 0. The molecule has 0 bridgehead atoms. The molecule has 3 rings (SSSR count). The molecule has 4 heteroatoms. The zero-order valence-corrected chi connectivity index (χ0v) is 13.0. The molecule has 1 aliphatic carbocycles. The van der Waals surface area contributed by atoms with Crippen LogP contribution in [-0.2, 0) is 6.54 Å². The van der Waals surface area contributed by atoms with Gasteiger partial charge in [0, 0.05) is 32.2 Å². The number of hydrogen-bond acceptors (Lipinski definition) is 3. The number of hydrogen-bond donors (Lipinski definition) is 1. The van der Waals surface area contributed by atoms with Gasteiger partial charge in [-0.15, -0.1) is 0 Å². The van der Waals surface area contributed by atoms with E-state index in [2.05, 4.69) is 34.3 Å². The average Bonchev–Trinajstić information content (AvgIpc) is 3.25. The zero-order chi connectivity index (χ0) is 13.9. The van der Waals surface area contributed by atoms with Gasteiger partial charge in [-0.1, -0.05) is 23.7 Å². The van der Waals surface area contributed by atoms with Crippen molar-refractivity contribution in [2.24, 2.45) is 0 Å². The van der Waals surface area contributed by atoms with Crippen molar-refractivity contribution in [2.75, 3.05) is 38.1 Å². The highest BCUT2D eigenvalue weighted by Gasteiger charge is 2.22. The predicted molar refractivity (Wildman–Crippen MR) is 85.6 cm³/mol. The molecule has 110 valence electrons.